The number of benzene rings is 1. The highest BCUT2D eigenvalue weighted by Gasteiger charge is 2.08. The van der Waals surface area contributed by atoms with Gasteiger partial charge in [-0.05, 0) is 46.6 Å². The van der Waals surface area contributed by atoms with E-state index in [1.54, 1.807) is 17.0 Å². The predicted molar refractivity (Wildman–Crippen MR) is 78.0 cm³/mol. The number of nitrogens with zero attached hydrogens (tertiary/aromatic N) is 3. The van der Waals surface area contributed by atoms with Gasteiger partial charge in [-0.1, -0.05) is 13.0 Å². The van der Waals surface area contributed by atoms with Crippen LogP contribution in [-0.2, 0) is 6.54 Å². The van der Waals surface area contributed by atoms with Gasteiger partial charge in [-0.25, -0.2) is 4.98 Å². The summed E-state index contributed by atoms with van der Waals surface area (Å²) in [5.41, 5.74) is 2.14. The molecule has 5 heteroatoms. The first-order valence-corrected chi connectivity index (χ1v) is 6.98. The third-order valence-electron chi connectivity index (χ3n) is 2.77. The standard InChI is InChI=1S/C14H15BrN4/c1-2-5-17-10-11-3-4-13(12(15)8-11)19-7-6-18-14(19)9-16/h3-4,6-8,17H,2,5,10H2,1H3. The van der Waals surface area contributed by atoms with Gasteiger partial charge in [-0.15, -0.1) is 0 Å². The number of hydrogen-bond donors (Lipinski definition) is 1. The van der Waals surface area contributed by atoms with Crippen LogP contribution < -0.4 is 5.32 Å². The maximum Gasteiger partial charge on any atom is 0.217 e. The van der Waals surface area contributed by atoms with Crippen molar-refractivity contribution in [3.05, 3.63) is 46.5 Å². The molecule has 1 heterocycles. The summed E-state index contributed by atoms with van der Waals surface area (Å²) < 4.78 is 2.73. The molecule has 2 rings (SSSR count). The van der Waals surface area contributed by atoms with E-state index in [9.17, 15) is 0 Å². The van der Waals surface area contributed by atoms with Crippen LogP contribution in [0.25, 0.3) is 5.69 Å². The fourth-order valence-corrected chi connectivity index (χ4v) is 2.46. The van der Waals surface area contributed by atoms with Gasteiger partial charge in [0, 0.05) is 23.4 Å². The number of nitrogens with one attached hydrogen (secondary N) is 1. The maximum atomic E-state index is 9.00. The molecule has 1 N–H and O–H groups in total. The van der Waals surface area contributed by atoms with Gasteiger partial charge < -0.3 is 5.32 Å². The van der Waals surface area contributed by atoms with Crippen molar-refractivity contribution < 1.29 is 0 Å². The normalized spacial score (nSPS) is 10.4. The summed E-state index contributed by atoms with van der Waals surface area (Å²) in [5, 5.41) is 12.4. The molecular formula is C14H15BrN4. The van der Waals surface area contributed by atoms with E-state index in [1.807, 2.05) is 6.07 Å². The Morgan fingerprint density at radius 3 is 3.00 bits per heavy atom. The number of imidazole rings is 1. The minimum Gasteiger partial charge on any atom is -0.313 e. The lowest BCUT2D eigenvalue weighted by Gasteiger charge is -2.09. The molecule has 0 aliphatic carbocycles. The molecule has 1 aromatic heterocycles. The second-order valence-electron chi connectivity index (χ2n) is 4.20. The molecule has 2 aromatic rings. The quantitative estimate of drug-likeness (QED) is 0.862. The minimum absolute atomic E-state index is 0.387. The Morgan fingerprint density at radius 2 is 2.32 bits per heavy atom. The average Bonchev–Trinajstić information content (AvgIpc) is 2.87. The predicted octanol–water partition coefficient (Wildman–Crippen LogP) is 3.01. The van der Waals surface area contributed by atoms with Gasteiger partial charge in [-0.2, -0.15) is 5.26 Å². The van der Waals surface area contributed by atoms with E-state index in [4.69, 9.17) is 5.26 Å². The second kappa shape index (κ2) is 6.50. The highest BCUT2D eigenvalue weighted by Crippen LogP contribution is 2.23. The molecule has 4 nitrogen and oxygen atoms in total. The van der Waals surface area contributed by atoms with E-state index in [0.29, 0.717) is 5.82 Å². The fraction of sp³-hybridized carbons (Fsp3) is 0.286. The zero-order chi connectivity index (χ0) is 13.7. The van der Waals surface area contributed by atoms with Crippen LogP contribution in [0.3, 0.4) is 0 Å². The van der Waals surface area contributed by atoms with Crippen LogP contribution in [0.2, 0.25) is 0 Å². The molecule has 0 atom stereocenters. The Morgan fingerprint density at radius 1 is 1.47 bits per heavy atom. The molecule has 19 heavy (non-hydrogen) atoms. The topological polar surface area (TPSA) is 53.6 Å². The molecule has 0 saturated heterocycles. The van der Waals surface area contributed by atoms with Crippen molar-refractivity contribution in [2.75, 3.05) is 6.54 Å². The fourth-order valence-electron chi connectivity index (χ4n) is 1.85. The summed E-state index contributed by atoms with van der Waals surface area (Å²) in [6.07, 6.45) is 4.54. The molecular weight excluding hydrogens is 304 g/mol. The lowest BCUT2D eigenvalue weighted by atomic mass is 10.2. The minimum atomic E-state index is 0.387. The Kier molecular flexibility index (Phi) is 4.72. The number of hydrogen-bond acceptors (Lipinski definition) is 3. The number of nitriles is 1. The van der Waals surface area contributed by atoms with E-state index in [-0.39, 0.29) is 0 Å². The van der Waals surface area contributed by atoms with Crippen LogP contribution in [0.1, 0.15) is 24.7 Å². The van der Waals surface area contributed by atoms with Gasteiger partial charge >= 0.3 is 0 Å². The van der Waals surface area contributed by atoms with Crippen molar-refractivity contribution in [2.24, 2.45) is 0 Å². The summed E-state index contributed by atoms with van der Waals surface area (Å²) in [4.78, 5) is 4.00. The highest BCUT2D eigenvalue weighted by molar-refractivity contribution is 9.10. The summed E-state index contributed by atoms with van der Waals surface area (Å²) in [6, 6.07) is 8.20. The number of aromatic nitrogens is 2. The molecule has 0 fully saturated rings. The Bertz CT molecular complexity index is 598. The molecule has 1 aromatic carbocycles. The summed E-state index contributed by atoms with van der Waals surface area (Å²) in [6.45, 7) is 4.01. The van der Waals surface area contributed by atoms with Gasteiger partial charge in [0.1, 0.15) is 6.07 Å². The van der Waals surface area contributed by atoms with E-state index >= 15 is 0 Å². The number of halogens is 1. The lowest BCUT2D eigenvalue weighted by molar-refractivity contribution is 0.675. The van der Waals surface area contributed by atoms with Crippen LogP contribution in [0, 0.1) is 11.3 Å². The van der Waals surface area contributed by atoms with E-state index in [1.165, 1.54) is 5.56 Å². The average molecular weight is 319 g/mol. The largest absolute Gasteiger partial charge is 0.313 e. The summed E-state index contributed by atoms with van der Waals surface area (Å²) in [7, 11) is 0. The molecule has 0 aliphatic rings. The first-order valence-electron chi connectivity index (χ1n) is 6.19. The van der Waals surface area contributed by atoms with Crippen molar-refractivity contribution in [1.29, 1.82) is 5.26 Å². The van der Waals surface area contributed by atoms with Crippen molar-refractivity contribution in [3.63, 3.8) is 0 Å². The molecule has 98 valence electrons. The van der Waals surface area contributed by atoms with Gasteiger partial charge in [0.2, 0.25) is 5.82 Å². The molecule has 0 amide bonds. The summed E-state index contributed by atoms with van der Waals surface area (Å²) >= 11 is 3.56. The molecule has 0 spiro atoms. The zero-order valence-electron chi connectivity index (χ0n) is 10.7. The van der Waals surface area contributed by atoms with Crippen molar-refractivity contribution in [3.8, 4) is 11.8 Å². The highest BCUT2D eigenvalue weighted by atomic mass is 79.9. The first-order chi connectivity index (χ1) is 9.26. The van der Waals surface area contributed by atoms with Crippen LogP contribution in [0.4, 0.5) is 0 Å². The second-order valence-corrected chi connectivity index (χ2v) is 5.05. The maximum absolute atomic E-state index is 9.00. The molecule has 0 unspecified atom stereocenters. The van der Waals surface area contributed by atoms with Crippen molar-refractivity contribution in [2.45, 2.75) is 19.9 Å². The van der Waals surface area contributed by atoms with Crippen LogP contribution in [0.5, 0.6) is 0 Å². The van der Waals surface area contributed by atoms with Crippen molar-refractivity contribution >= 4 is 15.9 Å². The van der Waals surface area contributed by atoms with Gasteiger partial charge in [0.15, 0.2) is 0 Å². The van der Waals surface area contributed by atoms with Gasteiger partial charge in [0.25, 0.3) is 0 Å². The lowest BCUT2D eigenvalue weighted by Crippen LogP contribution is -2.13. The van der Waals surface area contributed by atoms with E-state index in [0.717, 1.165) is 29.7 Å². The van der Waals surface area contributed by atoms with Gasteiger partial charge in [-0.3, -0.25) is 4.57 Å². The summed E-state index contributed by atoms with van der Waals surface area (Å²) in [5.74, 6) is 0.387. The monoisotopic (exact) mass is 318 g/mol. The van der Waals surface area contributed by atoms with E-state index < -0.39 is 0 Å². The third kappa shape index (κ3) is 3.22. The molecule has 0 bridgehead atoms. The van der Waals surface area contributed by atoms with Crippen LogP contribution in [-0.4, -0.2) is 16.1 Å². The molecule has 0 saturated carbocycles. The SMILES string of the molecule is CCCNCc1ccc(-n2ccnc2C#N)c(Br)c1. The smallest absolute Gasteiger partial charge is 0.217 e. The Hall–Kier alpha value is -1.64. The molecule has 0 radical (unpaired) electrons. The van der Waals surface area contributed by atoms with Crippen LogP contribution in [0.15, 0.2) is 35.1 Å². The van der Waals surface area contributed by atoms with E-state index in [2.05, 4.69) is 51.4 Å². The Balaban J connectivity index is 2.23. The first kappa shape index (κ1) is 13.8. The zero-order valence-corrected chi connectivity index (χ0v) is 12.3. The Labute approximate surface area is 121 Å². The van der Waals surface area contributed by atoms with Crippen molar-refractivity contribution in [1.82, 2.24) is 14.9 Å². The number of rotatable bonds is 5. The van der Waals surface area contributed by atoms with Gasteiger partial charge in [0.05, 0.1) is 5.69 Å². The molecule has 0 aliphatic heterocycles. The third-order valence-corrected chi connectivity index (χ3v) is 3.40. The van der Waals surface area contributed by atoms with Crippen LogP contribution >= 0.6 is 15.9 Å².